The van der Waals surface area contributed by atoms with Crippen molar-refractivity contribution in [3.8, 4) is 11.5 Å². The number of halogens is 1. The standard InChI is InChI=1S/C25H26ClN3O2/c1-17-15-18(12-13-20(17)26)27-25(30)28-14-6-7-19(16-28)29-21-8-2-4-10-23(21)31-24-11-5-3-9-22(24)29/h2-5,8-13,17,19H,6-7,14-16H2,1H3,(H,27,30). The van der Waals surface area contributed by atoms with E-state index in [4.69, 9.17) is 16.3 Å². The Morgan fingerprint density at radius 1 is 1.06 bits per heavy atom. The fourth-order valence-corrected chi connectivity index (χ4v) is 4.77. The lowest BCUT2D eigenvalue weighted by Gasteiger charge is -2.43. The number of piperidine rings is 1. The number of hydrogen-bond acceptors (Lipinski definition) is 3. The van der Waals surface area contributed by atoms with Crippen LogP contribution >= 0.6 is 11.6 Å². The van der Waals surface area contributed by atoms with Crippen LogP contribution < -0.4 is 15.0 Å². The molecule has 6 heteroatoms. The summed E-state index contributed by atoms with van der Waals surface area (Å²) in [5.41, 5.74) is 3.03. The van der Waals surface area contributed by atoms with Gasteiger partial charge in [-0.3, -0.25) is 0 Å². The summed E-state index contributed by atoms with van der Waals surface area (Å²) in [7, 11) is 0. The lowest BCUT2D eigenvalue weighted by atomic mass is 9.99. The summed E-state index contributed by atoms with van der Waals surface area (Å²) >= 11 is 6.18. The molecule has 0 spiro atoms. The van der Waals surface area contributed by atoms with Gasteiger partial charge in [0.25, 0.3) is 0 Å². The van der Waals surface area contributed by atoms with Crippen LogP contribution in [0.3, 0.4) is 0 Å². The van der Waals surface area contributed by atoms with Gasteiger partial charge in [-0.05, 0) is 61.6 Å². The van der Waals surface area contributed by atoms with Crippen molar-refractivity contribution in [2.24, 2.45) is 5.92 Å². The third-order valence-corrected chi connectivity index (χ3v) is 6.72. The second-order valence-corrected chi connectivity index (χ2v) is 8.86. The first-order valence-corrected chi connectivity index (χ1v) is 11.3. The Labute approximate surface area is 187 Å². The third-order valence-electron chi connectivity index (χ3n) is 6.23. The number of urea groups is 1. The van der Waals surface area contributed by atoms with Gasteiger partial charge >= 0.3 is 6.03 Å². The maximum Gasteiger partial charge on any atom is 0.321 e. The number of nitrogens with zero attached hydrogens (tertiary/aromatic N) is 2. The number of benzene rings is 2. The average molecular weight is 436 g/mol. The molecule has 2 heterocycles. The van der Waals surface area contributed by atoms with E-state index in [1.54, 1.807) is 0 Å². The molecule has 1 saturated heterocycles. The first kappa shape index (κ1) is 20.0. The zero-order valence-corrected chi connectivity index (χ0v) is 18.3. The van der Waals surface area contributed by atoms with Crippen molar-refractivity contribution in [1.29, 1.82) is 0 Å². The van der Waals surface area contributed by atoms with Crippen molar-refractivity contribution < 1.29 is 9.53 Å². The van der Waals surface area contributed by atoms with Gasteiger partial charge in [0, 0.05) is 23.8 Å². The number of amides is 2. The van der Waals surface area contributed by atoms with E-state index in [9.17, 15) is 4.79 Å². The van der Waals surface area contributed by atoms with Gasteiger partial charge in [-0.2, -0.15) is 0 Å². The summed E-state index contributed by atoms with van der Waals surface area (Å²) in [6, 6.07) is 16.4. The van der Waals surface area contributed by atoms with Crippen LogP contribution in [0.25, 0.3) is 0 Å². The van der Waals surface area contributed by atoms with E-state index in [1.807, 2.05) is 53.5 Å². The Hall–Kier alpha value is -2.92. The number of rotatable bonds is 2. The third kappa shape index (κ3) is 3.90. The van der Waals surface area contributed by atoms with E-state index < -0.39 is 0 Å². The molecule has 2 amide bonds. The van der Waals surface area contributed by atoms with Crippen molar-refractivity contribution in [2.45, 2.75) is 32.2 Å². The molecule has 160 valence electrons. The van der Waals surface area contributed by atoms with Crippen molar-refractivity contribution >= 4 is 29.0 Å². The minimum absolute atomic E-state index is 0.0376. The van der Waals surface area contributed by atoms with Crippen molar-refractivity contribution in [2.75, 3.05) is 18.0 Å². The molecule has 2 atom stereocenters. The van der Waals surface area contributed by atoms with Gasteiger partial charge in [0.15, 0.2) is 11.5 Å². The molecule has 1 aliphatic carbocycles. The largest absolute Gasteiger partial charge is 0.453 e. The molecule has 0 bridgehead atoms. The molecule has 5 nitrogen and oxygen atoms in total. The molecule has 2 aromatic rings. The van der Waals surface area contributed by atoms with Gasteiger partial charge in [0.1, 0.15) is 0 Å². The van der Waals surface area contributed by atoms with E-state index in [0.717, 1.165) is 59.4 Å². The quantitative estimate of drug-likeness (QED) is 0.615. The molecule has 2 aliphatic heterocycles. The van der Waals surface area contributed by atoms with E-state index in [2.05, 4.69) is 29.3 Å². The molecule has 3 aliphatic rings. The molecule has 0 saturated carbocycles. The zero-order valence-electron chi connectivity index (χ0n) is 17.6. The van der Waals surface area contributed by atoms with Gasteiger partial charge in [0.2, 0.25) is 0 Å². The number of fused-ring (bicyclic) bond motifs is 2. The van der Waals surface area contributed by atoms with Crippen molar-refractivity contribution in [3.63, 3.8) is 0 Å². The SMILES string of the molecule is CC1CC(NC(=O)N2CCCC(N3c4ccccc4Oc4ccccc43)C2)=CC=C1Cl. The van der Waals surface area contributed by atoms with Gasteiger partial charge in [-0.1, -0.05) is 42.8 Å². The van der Waals surface area contributed by atoms with Gasteiger partial charge in [-0.25, -0.2) is 4.79 Å². The molecule has 2 aromatic carbocycles. The summed E-state index contributed by atoms with van der Waals surface area (Å²) in [5.74, 6) is 1.94. The summed E-state index contributed by atoms with van der Waals surface area (Å²) in [4.78, 5) is 17.3. The Morgan fingerprint density at radius 3 is 2.42 bits per heavy atom. The first-order valence-electron chi connectivity index (χ1n) is 10.9. The number of carbonyl (C=O) groups is 1. The zero-order chi connectivity index (χ0) is 21.4. The van der Waals surface area contributed by atoms with Gasteiger partial charge < -0.3 is 19.9 Å². The van der Waals surface area contributed by atoms with E-state index >= 15 is 0 Å². The normalized spacial score (nSPS) is 22.5. The first-order chi connectivity index (χ1) is 15.1. The maximum absolute atomic E-state index is 13.1. The molecule has 31 heavy (non-hydrogen) atoms. The minimum Gasteiger partial charge on any atom is -0.453 e. The monoisotopic (exact) mass is 435 g/mol. The highest BCUT2D eigenvalue weighted by molar-refractivity contribution is 6.30. The highest BCUT2D eigenvalue weighted by atomic mass is 35.5. The Balaban J connectivity index is 1.37. The number of ether oxygens (including phenoxy) is 1. The lowest BCUT2D eigenvalue weighted by molar-refractivity contribution is 0.181. The highest BCUT2D eigenvalue weighted by Gasteiger charge is 2.34. The number of hydrogen-bond donors (Lipinski definition) is 1. The average Bonchev–Trinajstić information content (AvgIpc) is 2.80. The van der Waals surface area contributed by atoms with Crippen LogP contribution in [0.4, 0.5) is 16.2 Å². The van der Waals surface area contributed by atoms with E-state index in [1.165, 1.54) is 0 Å². The molecule has 1 fully saturated rings. The van der Waals surface area contributed by atoms with Crippen molar-refractivity contribution in [1.82, 2.24) is 10.2 Å². The molecule has 0 aromatic heterocycles. The number of allylic oxidation sites excluding steroid dienone is 4. The number of para-hydroxylation sites is 4. The summed E-state index contributed by atoms with van der Waals surface area (Å²) in [6.07, 6.45) is 6.52. The number of nitrogens with one attached hydrogen (secondary N) is 1. The van der Waals surface area contributed by atoms with Crippen LogP contribution in [0.2, 0.25) is 0 Å². The predicted molar refractivity (Wildman–Crippen MR) is 124 cm³/mol. The summed E-state index contributed by atoms with van der Waals surface area (Å²) < 4.78 is 6.13. The van der Waals surface area contributed by atoms with Crippen LogP contribution in [0.5, 0.6) is 11.5 Å². The fraction of sp³-hybridized carbons (Fsp3) is 0.320. The second-order valence-electron chi connectivity index (χ2n) is 8.43. The topological polar surface area (TPSA) is 44.8 Å². The van der Waals surface area contributed by atoms with Crippen LogP contribution in [-0.4, -0.2) is 30.1 Å². The highest BCUT2D eigenvalue weighted by Crippen LogP contribution is 2.48. The molecule has 1 N–H and O–H groups in total. The van der Waals surface area contributed by atoms with Crippen LogP contribution in [0, 0.1) is 5.92 Å². The smallest absolute Gasteiger partial charge is 0.321 e. The van der Waals surface area contributed by atoms with Gasteiger partial charge in [-0.15, -0.1) is 0 Å². The van der Waals surface area contributed by atoms with Crippen molar-refractivity contribution in [3.05, 3.63) is 71.4 Å². The minimum atomic E-state index is -0.0376. The molecule has 0 radical (unpaired) electrons. The summed E-state index contributed by atoms with van der Waals surface area (Å²) in [5, 5.41) is 3.94. The number of likely N-dealkylation sites (tertiary alicyclic amines) is 1. The predicted octanol–water partition coefficient (Wildman–Crippen LogP) is 6.15. The fourth-order valence-electron chi connectivity index (χ4n) is 4.63. The number of carbonyl (C=O) groups excluding carboxylic acids is 1. The Kier molecular flexibility index (Phi) is 5.36. The van der Waals surface area contributed by atoms with E-state index in [0.29, 0.717) is 6.54 Å². The second kappa shape index (κ2) is 8.31. The lowest BCUT2D eigenvalue weighted by Crippen LogP contribution is -2.51. The van der Waals surface area contributed by atoms with Crippen LogP contribution in [0.1, 0.15) is 26.2 Å². The van der Waals surface area contributed by atoms with Crippen LogP contribution in [0.15, 0.2) is 71.4 Å². The Bertz CT molecular complexity index is 1020. The molecular weight excluding hydrogens is 410 g/mol. The molecule has 5 rings (SSSR count). The number of anilines is 2. The van der Waals surface area contributed by atoms with Crippen LogP contribution in [-0.2, 0) is 0 Å². The van der Waals surface area contributed by atoms with Gasteiger partial charge in [0.05, 0.1) is 17.4 Å². The maximum atomic E-state index is 13.1. The van der Waals surface area contributed by atoms with E-state index in [-0.39, 0.29) is 18.0 Å². The Morgan fingerprint density at radius 2 is 1.74 bits per heavy atom. The summed E-state index contributed by atoms with van der Waals surface area (Å²) in [6.45, 7) is 3.49. The molecule has 2 unspecified atom stereocenters. The molecular formula is C25H26ClN3O2.